The summed E-state index contributed by atoms with van der Waals surface area (Å²) in [4.78, 5) is 11.0. The van der Waals surface area contributed by atoms with E-state index in [9.17, 15) is 9.90 Å². The number of carbonyl (C=O) groups excluding carboxylic acids is 1. The Hall–Kier alpha value is -1.09. The predicted octanol–water partition coefficient (Wildman–Crippen LogP) is 4.02. The lowest BCUT2D eigenvalue weighted by Gasteiger charge is -2.18. The van der Waals surface area contributed by atoms with Gasteiger partial charge in [-0.15, -0.1) is 0 Å². The van der Waals surface area contributed by atoms with Crippen LogP contribution < -0.4 is 0 Å². The highest BCUT2D eigenvalue weighted by Crippen LogP contribution is 2.12. The van der Waals surface area contributed by atoms with Gasteiger partial charge in [0, 0.05) is 13.3 Å². The molecular weight excluding hydrogens is 252 g/mol. The smallest absolute Gasteiger partial charge is 0.302 e. The highest BCUT2D eigenvalue weighted by Gasteiger charge is 2.14. The zero-order valence-corrected chi connectivity index (χ0v) is 13.3. The van der Waals surface area contributed by atoms with Crippen LogP contribution in [-0.2, 0) is 9.53 Å². The minimum atomic E-state index is -0.361. The van der Waals surface area contributed by atoms with E-state index in [0.29, 0.717) is 12.3 Å². The molecule has 0 heterocycles. The maximum absolute atomic E-state index is 11.0. The molecule has 3 nitrogen and oxygen atoms in total. The molecule has 0 aliphatic heterocycles. The average molecular weight is 282 g/mol. The molecule has 0 aromatic rings. The third kappa shape index (κ3) is 10.8. The van der Waals surface area contributed by atoms with Crippen molar-refractivity contribution in [3.05, 3.63) is 24.3 Å². The van der Waals surface area contributed by atoms with Crippen molar-refractivity contribution in [2.45, 2.75) is 72.0 Å². The average Bonchev–Trinajstić information content (AvgIpc) is 2.36. The lowest BCUT2D eigenvalue weighted by Crippen LogP contribution is -2.21. The molecule has 1 N–H and O–H groups in total. The zero-order valence-electron chi connectivity index (χ0n) is 13.3. The number of rotatable bonds is 10. The Morgan fingerprint density at radius 1 is 1.25 bits per heavy atom. The number of aliphatic hydroxyl groups is 1. The molecule has 0 unspecified atom stereocenters. The van der Waals surface area contributed by atoms with Crippen LogP contribution in [0.1, 0.15) is 59.8 Å². The first-order valence-corrected chi connectivity index (χ1v) is 7.66. The number of esters is 1. The van der Waals surface area contributed by atoms with E-state index in [1.54, 1.807) is 0 Å². The maximum Gasteiger partial charge on any atom is 0.302 e. The third-order valence-electron chi connectivity index (χ3n) is 3.11. The van der Waals surface area contributed by atoms with E-state index < -0.39 is 0 Å². The Morgan fingerprint density at radius 3 is 2.50 bits per heavy atom. The quantitative estimate of drug-likeness (QED) is 0.374. The number of hydrogen-bond donors (Lipinski definition) is 1. The Kier molecular flexibility index (Phi) is 11.1. The highest BCUT2D eigenvalue weighted by atomic mass is 16.5. The van der Waals surface area contributed by atoms with Gasteiger partial charge in [0.1, 0.15) is 6.10 Å². The monoisotopic (exact) mass is 282 g/mol. The van der Waals surface area contributed by atoms with Gasteiger partial charge in [0.2, 0.25) is 0 Å². The molecule has 116 valence electrons. The van der Waals surface area contributed by atoms with E-state index in [-0.39, 0.29) is 18.2 Å². The van der Waals surface area contributed by atoms with E-state index in [0.717, 1.165) is 12.8 Å². The van der Waals surface area contributed by atoms with E-state index in [2.05, 4.69) is 6.92 Å². The SMILES string of the molecule is CCCCC[C@@H](O)/C=C/C=C\C[C@@H](OC(C)=O)C(C)C. The molecule has 0 amide bonds. The Balaban J connectivity index is 4.00. The molecule has 0 saturated heterocycles. The van der Waals surface area contributed by atoms with Crippen LogP contribution >= 0.6 is 0 Å². The van der Waals surface area contributed by atoms with Crippen molar-refractivity contribution < 1.29 is 14.6 Å². The predicted molar refractivity (Wildman–Crippen MR) is 83.4 cm³/mol. The minimum absolute atomic E-state index is 0.0772. The molecule has 0 spiro atoms. The Bertz CT molecular complexity index is 305. The van der Waals surface area contributed by atoms with Crippen LogP contribution in [0.4, 0.5) is 0 Å². The van der Waals surface area contributed by atoms with Gasteiger partial charge >= 0.3 is 5.97 Å². The molecular formula is C17H30O3. The first-order chi connectivity index (χ1) is 9.47. The summed E-state index contributed by atoms with van der Waals surface area (Å²) >= 11 is 0. The first-order valence-electron chi connectivity index (χ1n) is 7.66. The highest BCUT2D eigenvalue weighted by molar-refractivity contribution is 5.66. The summed E-state index contributed by atoms with van der Waals surface area (Å²) in [6, 6.07) is 0. The van der Waals surface area contributed by atoms with Crippen LogP contribution in [0.2, 0.25) is 0 Å². The van der Waals surface area contributed by atoms with Crippen molar-refractivity contribution in [1.82, 2.24) is 0 Å². The van der Waals surface area contributed by atoms with Gasteiger partial charge in [-0.3, -0.25) is 4.79 Å². The number of aliphatic hydroxyl groups excluding tert-OH is 1. The normalized spacial score (nSPS) is 15.1. The number of carbonyl (C=O) groups is 1. The van der Waals surface area contributed by atoms with Crippen molar-refractivity contribution in [2.24, 2.45) is 5.92 Å². The Morgan fingerprint density at radius 2 is 1.95 bits per heavy atom. The number of allylic oxidation sites excluding steroid dienone is 2. The van der Waals surface area contributed by atoms with E-state index in [4.69, 9.17) is 4.74 Å². The van der Waals surface area contributed by atoms with Crippen LogP contribution in [0.5, 0.6) is 0 Å². The summed E-state index contributed by atoms with van der Waals surface area (Å²) in [5.74, 6) is 0.0613. The largest absolute Gasteiger partial charge is 0.462 e. The fraction of sp³-hybridized carbons (Fsp3) is 0.706. The first kappa shape index (κ1) is 18.9. The van der Waals surface area contributed by atoms with E-state index >= 15 is 0 Å². The lowest BCUT2D eigenvalue weighted by molar-refractivity contribution is -0.148. The van der Waals surface area contributed by atoms with Crippen molar-refractivity contribution in [2.75, 3.05) is 0 Å². The maximum atomic E-state index is 11.0. The number of unbranched alkanes of at least 4 members (excludes halogenated alkanes) is 2. The van der Waals surface area contributed by atoms with Crippen LogP contribution in [0.3, 0.4) is 0 Å². The zero-order chi connectivity index (χ0) is 15.4. The molecule has 0 aromatic heterocycles. The topological polar surface area (TPSA) is 46.5 Å². The molecule has 0 rings (SSSR count). The van der Waals surface area contributed by atoms with Crippen molar-refractivity contribution in [3.63, 3.8) is 0 Å². The molecule has 20 heavy (non-hydrogen) atoms. The molecule has 0 fully saturated rings. The van der Waals surface area contributed by atoms with Crippen molar-refractivity contribution in [3.8, 4) is 0 Å². The molecule has 0 saturated carbocycles. The summed E-state index contributed by atoms with van der Waals surface area (Å²) in [7, 11) is 0. The van der Waals surface area contributed by atoms with E-state index in [1.807, 2.05) is 38.2 Å². The van der Waals surface area contributed by atoms with Gasteiger partial charge in [0.15, 0.2) is 0 Å². The van der Waals surface area contributed by atoms with Crippen LogP contribution in [0, 0.1) is 5.92 Å². The van der Waals surface area contributed by atoms with Gasteiger partial charge in [-0.05, 0) is 12.3 Å². The molecule has 0 radical (unpaired) electrons. The van der Waals surface area contributed by atoms with Gasteiger partial charge in [-0.25, -0.2) is 0 Å². The van der Waals surface area contributed by atoms with Gasteiger partial charge in [-0.1, -0.05) is 64.3 Å². The van der Waals surface area contributed by atoms with Gasteiger partial charge in [0.05, 0.1) is 6.10 Å². The van der Waals surface area contributed by atoms with Crippen molar-refractivity contribution in [1.29, 1.82) is 0 Å². The minimum Gasteiger partial charge on any atom is -0.462 e. The molecule has 0 aromatic carbocycles. The molecule has 0 bridgehead atoms. The number of hydrogen-bond acceptors (Lipinski definition) is 3. The fourth-order valence-corrected chi connectivity index (χ4v) is 1.85. The fourth-order valence-electron chi connectivity index (χ4n) is 1.85. The second-order valence-electron chi connectivity index (χ2n) is 5.50. The number of ether oxygens (including phenoxy) is 1. The van der Waals surface area contributed by atoms with Crippen LogP contribution in [0.15, 0.2) is 24.3 Å². The van der Waals surface area contributed by atoms with Crippen molar-refractivity contribution >= 4 is 5.97 Å². The van der Waals surface area contributed by atoms with Gasteiger partial charge in [0.25, 0.3) is 0 Å². The summed E-state index contributed by atoms with van der Waals surface area (Å²) in [6.45, 7) is 7.66. The summed E-state index contributed by atoms with van der Waals surface area (Å²) in [5, 5.41) is 9.70. The Labute approximate surface area is 123 Å². The van der Waals surface area contributed by atoms with Gasteiger partial charge in [-0.2, -0.15) is 0 Å². The van der Waals surface area contributed by atoms with Crippen LogP contribution in [0.25, 0.3) is 0 Å². The third-order valence-corrected chi connectivity index (χ3v) is 3.11. The second kappa shape index (κ2) is 11.7. The summed E-state index contributed by atoms with van der Waals surface area (Å²) < 4.78 is 5.24. The summed E-state index contributed by atoms with van der Waals surface area (Å²) in [5.41, 5.74) is 0. The standard InChI is InChI=1S/C17H30O3/c1-5-6-8-11-16(19)12-9-7-10-13-17(14(2)3)20-15(4)18/h7,9-10,12,14,16-17,19H,5-6,8,11,13H2,1-4H3/b10-7-,12-9+/t16-,17-/m1/s1. The van der Waals surface area contributed by atoms with Crippen LogP contribution in [-0.4, -0.2) is 23.3 Å². The molecule has 0 aliphatic carbocycles. The molecule has 3 heteroatoms. The lowest BCUT2D eigenvalue weighted by atomic mass is 10.0. The summed E-state index contributed by atoms with van der Waals surface area (Å²) in [6.07, 6.45) is 12.0. The molecule has 2 atom stereocenters. The van der Waals surface area contributed by atoms with E-state index in [1.165, 1.54) is 19.8 Å². The van der Waals surface area contributed by atoms with Gasteiger partial charge < -0.3 is 9.84 Å². The second-order valence-corrected chi connectivity index (χ2v) is 5.50. The molecule has 0 aliphatic rings.